The van der Waals surface area contributed by atoms with Gasteiger partial charge in [0.05, 0.1) is 17.8 Å². The van der Waals surface area contributed by atoms with Gasteiger partial charge in [0.2, 0.25) is 0 Å². The van der Waals surface area contributed by atoms with Crippen LogP contribution in [0.4, 0.5) is 5.82 Å². The highest BCUT2D eigenvalue weighted by Gasteiger charge is 2.46. The summed E-state index contributed by atoms with van der Waals surface area (Å²) in [6, 6.07) is 6.42. The fourth-order valence-corrected chi connectivity index (χ4v) is 6.63. The van der Waals surface area contributed by atoms with Gasteiger partial charge in [0.1, 0.15) is 23.4 Å². The summed E-state index contributed by atoms with van der Waals surface area (Å²) in [5.41, 5.74) is 0.761. The van der Waals surface area contributed by atoms with E-state index in [0.717, 1.165) is 12.0 Å². The molecule has 3 unspecified atom stereocenters. The molecule has 1 aromatic carbocycles. The molecule has 39 heavy (non-hydrogen) atoms. The molecule has 4 heterocycles. The van der Waals surface area contributed by atoms with Crippen molar-refractivity contribution in [1.29, 1.82) is 5.26 Å². The number of aliphatic hydroxyl groups is 1. The second-order valence-electron chi connectivity index (χ2n) is 10.9. The Morgan fingerprint density at radius 3 is 2.69 bits per heavy atom. The summed E-state index contributed by atoms with van der Waals surface area (Å²) in [7, 11) is 0. The van der Waals surface area contributed by atoms with Gasteiger partial charge in [-0.3, -0.25) is 9.69 Å². The van der Waals surface area contributed by atoms with Crippen molar-refractivity contribution in [3.8, 4) is 6.07 Å². The fourth-order valence-electron chi connectivity index (χ4n) is 6.06. The molecule has 0 spiro atoms. The van der Waals surface area contributed by atoms with Crippen LogP contribution in [0.5, 0.6) is 0 Å². The highest BCUT2D eigenvalue weighted by atomic mass is 35.5. The summed E-state index contributed by atoms with van der Waals surface area (Å²) in [4.78, 5) is 25.5. The van der Waals surface area contributed by atoms with Gasteiger partial charge in [0, 0.05) is 35.1 Å². The number of hydrogen-bond acceptors (Lipinski definition) is 8. The average Bonchev–Trinajstić information content (AvgIpc) is 3.52. The first-order valence-corrected chi connectivity index (χ1v) is 13.8. The number of piperidine rings is 1. The third kappa shape index (κ3) is 5.16. The molecule has 2 saturated heterocycles. The van der Waals surface area contributed by atoms with Gasteiger partial charge in [-0.25, -0.2) is 14.6 Å². The van der Waals surface area contributed by atoms with Gasteiger partial charge < -0.3 is 15.1 Å². The molecule has 2 N–H and O–H groups in total. The van der Waals surface area contributed by atoms with Crippen molar-refractivity contribution in [2.24, 2.45) is 5.92 Å². The minimum Gasteiger partial charge on any atom is -0.480 e. The van der Waals surface area contributed by atoms with Crippen LogP contribution < -0.4 is 4.90 Å². The van der Waals surface area contributed by atoms with Crippen LogP contribution in [0.15, 0.2) is 24.4 Å². The number of likely N-dealkylation sites (tertiary alicyclic amines) is 1. The molecule has 4 atom stereocenters. The van der Waals surface area contributed by atoms with Gasteiger partial charge in [-0.15, -0.1) is 0 Å². The molecular weight excluding hydrogens is 541 g/mol. The van der Waals surface area contributed by atoms with E-state index in [1.54, 1.807) is 36.9 Å². The number of aliphatic carboxylic acids is 1. The third-order valence-electron chi connectivity index (χ3n) is 8.09. The van der Waals surface area contributed by atoms with Crippen molar-refractivity contribution in [2.75, 3.05) is 24.5 Å². The SMILES string of the molecule is CC(c1ccc(Cl)cc1Cl)n1nc(C#N)c2ncc(N3CCC(N4CCC[C@H]4C(=O)O)C(C(C)(C)O)C3)nc21. The summed E-state index contributed by atoms with van der Waals surface area (Å²) in [5, 5.41) is 36.1. The number of fused-ring (bicyclic) bond motifs is 1. The molecule has 0 saturated carbocycles. The quantitative estimate of drug-likeness (QED) is 0.448. The number of anilines is 1. The number of aromatic nitrogens is 4. The minimum absolute atomic E-state index is 0.0654. The van der Waals surface area contributed by atoms with E-state index in [9.17, 15) is 20.3 Å². The van der Waals surface area contributed by atoms with E-state index in [1.807, 2.05) is 13.0 Å². The zero-order valence-electron chi connectivity index (χ0n) is 22.1. The summed E-state index contributed by atoms with van der Waals surface area (Å²) in [5.74, 6) is -0.418. The molecule has 2 aromatic heterocycles. The van der Waals surface area contributed by atoms with Crippen LogP contribution in [0.1, 0.15) is 57.3 Å². The van der Waals surface area contributed by atoms with Gasteiger partial charge in [-0.1, -0.05) is 29.3 Å². The van der Waals surface area contributed by atoms with E-state index in [-0.39, 0.29) is 23.7 Å². The van der Waals surface area contributed by atoms with Gasteiger partial charge in [0.25, 0.3) is 0 Å². The van der Waals surface area contributed by atoms with Crippen molar-refractivity contribution >= 4 is 46.2 Å². The molecule has 12 heteroatoms. The first kappa shape index (κ1) is 27.6. The Hall–Kier alpha value is -2.97. The molecule has 2 aliphatic heterocycles. The van der Waals surface area contributed by atoms with E-state index >= 15 is 0 Å². The highest BCUT2D eigenvalue weighted by Crippen LogP contribution is 2.37. The predicted octanol–water partition coefficient (Wildman–Crippen LogP) is 4.13. The number of carboxylic acids is 1. The lowest BCUT2D eigenvalue weighted by molar-refractivity contribution is -0.144. The lowest BCUT2D eigenvalue weighted by Crippen LogP contribution is -2.59. The number of nitriles is 1. The minimum atomic E-state index is -1.04. The van der Waals surface area contributed by atoms with Gasteiger partial charge >= 0.3 is 5.97 Å². The van der Waals surface area contributed by atoms with Gasteiger partial charge in [-0.05, 0) is 64.3 Å². The standard InChI is InChI=1S/C27H31Cl2N7O3/c1-15(17-7-6-16(28)11-19(17)29)36-25-24(20(12-30)33-36)31-13-23(32-25)34-10-8-21(18(14-34)27(2,3)39)35-9-4-5-22(35)26(37)38/h6-7,11,13,15,18,21-22,39H,4-5,8-10,14H2,1-3H3,(H,37,38)/t15?,18?,21?,22-/m0/s1. The summed E-state index contributed by atoms with van der Waals surface area (Å²) < 4.78 is 1.65. The van der Waals surface area contributed by atoms with Crippen LogP contribution in [0, 0.1) is 17.2 Å². The molecule has 206 valence electrons. The average molecular weight is 572 g/mol. The maximum Gasteiger partial charge on any atom is 0.320 e. The van der Waals surface area contributed by atoms with Gasteiger partial charge in [-0.2, -0.15) is 10.4 Å². The first-order valence-electron chi connectivity index (χ1n) is 13.1. The molecule has 3 aromatic rings. The summed E-state index contributed by atoms with van der Waals surface area (Å²) in [6.07, 6.45) is 3.76. The predicted molar refractivity (Wildman–Crippen MR) is 148 cm³/mol. The zero-order chi connectivity index (χ0) is 28.1. The monoisotopic (exact) mass is 571 g/mol. The molecule has 0 radical (unpaired) electrons. The Bertz CT molecular complexity index is 1450. The molecule has 5 rings (SSSR count). The normalized spacial score (nSPS) is 23.2. The molecule has 2 aliphatic rings. The highest BCUT2D eigenvalue weighted by molar-refractivity contribution is 6.35. The number of nitrogens with zero attached hydrogens (tertiary/aromatic N) is 7. The van der Waals surface area contributed by atoms with Crippen molar-refractivity contribution < 1.29 is 15.0 Å². The van der Waals surface area contributed by atoms with E-state index in [4.69, 9.17) is 28.2 Å². The first-order chi connectivity index (χ1) is 18.5. The van der Waals surface area contributed by atoms with Crippen LogP contribution in [-0.4, -0.2) is 78.1 Å². The molecule has 0 aliphatic carbocycles. The lowest BCUT2D eigenvalue weighted by Gasteiger charge is -2.48. The smallest absolute Gasteiger partial charge is 0.320 e. The number of carbonyl (C=O) groups is 1. The molecule has 0 amide bonds. The molecule has 10 nitrogen and oxygen atoms in total. The summed E-state index contributed by atoms with van der Waals surface area (Å²) in [6.45, 7) is 7.29. The topological polar surface area (TPSA) is 131 Å². The van der Waals surface area contributed by atoms with Crippen LogP contribution in [-0.2, 0) is 4.79 Å². The van der Waals surface area contributed by atoms with Crippen molar-refractivity contribution in [1.82, 2.24) is 24.6 Å². The van der Waals surface area contributed by atoms with Crippen LogP contribution in [0.2, 0.25) is 10.0 Å². The number of benzene rings is 1. The second-order valence-corrected chi connectivity index (χ2v) is 11.8. The number of rotatable bonds is 6. The second kappa shape index (κ2) is 10.5. The molecule has 2 fully saturated rings. The van der Waals surface area contributed by atoms with E-state index in [0.29, 0.717) is 59.5 Å². The number of halogens is 2. The fraction of sp³-hybridized carbons (Fsp3) is 0.519. The largest absolute Gasteiger partial charge is 0.480 e. The molecule has 0 bridgehead atoms. The van der Waals surface area contributed by atoms with Crippen molar-refractivity contribution in [2.45, 2.75) is 63.8 Å². The Balaban J connectivity index is 1.49. The lowest BCUT2D eigenvalue weighted by atomic mass is 9.79. The Morgan fingerprint density at radius 1 is 1.26 bits per heavy atom. The Kier molecular flexibility index (Phi) is 7.46. The van der Waals surface area contributed by atoms with Crippen LogP contribution >= 0.6 is 23.2 Å². The Labute approximate surface area is 236 Å². The number of hydrogen-bond donors (Lipinski definition) is 2. The summed E-state index contributed by atoms with van der Waals surface area (Å²) >= 11 is 12.6. The van der Waals surface area contributed by atoms with E-state index < -0.39 is 17.6 Å². The van der Waals surface area contributed by atoms with Crippen molar-refractivity contribution in [3.63, 3.8) is 0 Å². The third-order valence-corrected chi connectivity index (χ3v) is 8.65. The van der Waals surface area contributed by atoms with E-state index in [1.165, 1.54) is 0 Å². The van der Waals surface area contributed by atoms with E-state index in [2.05, 4.69) is 26.0 Å². The zero-order valence-corrected chi connectivity index (χ0v) is 23.6. The Morgan fingerprint density at radius 2 is 2.03 bits per heavy atom. The van der Waals surface area contributed by atoms with Gasteiger partial charge in [0.15, 0.2) is 11.3 Å². The maximum atomic E-state index is 11.9. The number of carboxylic acid groups (broad SMARTS) is 1. The maximum absolute atomic E-state index is 11.9. The van der Waals surface area contributed by atoms with Crippen LogP contribution in [0.25, 0.3) is 11.2 Å². The van der Waals surface area contributed by atoms with Crippen LogP contribution in [0.3, 0.4) is 0 Å². The van der Waals surface area contributed by atoms with Crippen molar-refractivity contribution in [3.05, 3.63) is 45.7 Å². The molecular formula is C27H31Cl2N7O3.